The van der Waals surface area contributed by atoms with Gasteiger partial charge in [-0.2, -0.15) is 0 Å². The van der Waals surface area contributed by atoms with Crippen molar-refractivity contribution in [2.75, 3.05) is 27.4 Å². The van der Waals surface area contributed by atoms with Crippen LogP contribution in [0.15, 0.2) is 103 Å². The first kappa shape index (κ1) is 30.2. The Labute approximate surface area is 250 Å². The number of alkyl halides is 1. The van der Waals surface area contributed by atoms with E-state index in [1.807, 2.05) is 109 Å². The van der Waals surface area contributed by atoms with Crippen molar-refractivity contribution < 1.29 is 28.8 Å². The maximum atomic E-state index is 9.87. The van der Waals surface area contributed by atoms with Crippen LogP contribution in [0.1, 0.15) is 28.4 Å². The van der Waals surface area contributed by atoms with Crippen molar-refractivity contribution in [1.29, 1.82) is 0 Å². The molecule has 4 aromatic carbocycles. The van der Waals surface area contributed by atoms with Gasteiger partial charge in [0.2, 0.25) is 0 Å². The zero-order valence-electron chi connectivity index (χ0n) is 23.2. The lowest BCUT2D eigenvalue weighted by Gasteiger charge is -2.23. The number of benzene rings is 4. The molecule has 6 nitrogen and oxygen atoms in total. The lowest BCUT2D eigenvalue weighted by molar-refractivity contribution is 0.0602. The van der Waals surface area contributed by atoms with Crippen molar-refractivity contribution in [3.63, 3.8) is 0 Å². The highest BCUT2D eigenvalue weighted by Gasteiger charge is 2.22. The van der Waals surface area contributed by atoms with Gasteiger partial charge >= 0.3 is 0 Å². The second kappa shape index (κ2) is 15.9. The molecule has 214 valence electrons. The highest BCUT2D eigenvalue weighted by molar-refractivity contribution is 9.09. The smallest absolute Gasteiger partial charge is 0.161 e. The van der Waals surface area contributed by atoms with Crippen molar-refractivity contribution in [2.45, 2.75) is 24.1 Å². The summed E-state index contributed by atoms with van der Waals surface area (Å²) in [5, 5.41) is 9.87. The molecule has 0 aliphatic rings. The highest BCUT2D eigenvalue weighted by Crippen LogP contribution is 2.35. The topological polar surface area (TPSA) is 66.4 Å². The lowest BCUT2D eigenvalue weighted by atomic mass is 10.1. The summed E-state index contributed by atoms with van der Waals surface area (Å²) in [5.74, 6) is 2.57. The molecule has 2 unspecified atom stereocenters. The van der Waals surface area contributed by atoms with Gasteiger partial charge in [-0.05, 0) is 46.5 Å². The molecule has 0 saturated carbocycles. The van der Waals surface area contributed by atoms with Crippen molar-refractivity contribution in [1.82, 2.24) is 0 Å². The molecule has 0 amide bonds. The highest BCUT2D eigenvalue weighted by atomic mass is 79.9. The Morgan fingerprint density at radius 1 is 0.707 bits per heavy atom. The van der Waals surface area contributed by atoms with E-state index in [9.17, 15) is 5.11 Å². The van der Waals surface area contributed by atoms with Gasteiger partial charge in [-0.1, -0.05) is 101 Å². The third kappa shape index (κ3) is 8.85. The Hall–Kier alpha value is -3.78. The Kier molecular flexibility index (Phi) is 11.7. The molecule has 0 spiro atoms. The van der Waals surface area contributed by atoms with E-state index in [0.29, 0.717) is 42.8 Å². The Balaban J connectivity index is 1.38. The summed E-state index contributed by atoms with van der Waals surface area (Å²) in [6, 6.07) is 31.4. The molecular weight excluding hydrogens is 584 g/mol. The molecule has 0 saturated heterocycles. The molecule has 41 heavy (non-hydrogen) atoms. The van der Waals surface area contributed by atoms with Gasteiger partial charge in [-0.15, -0.1) is 0 Å². The molecule has 7 heteroatoms. The number of hydrogen-bond donors (Lipinski definition) is 1. The minimum Gasteiger partial charge on any atom is -0.493 e. The minimum absolute atomic E-state index is 0.0927. The summed E-state index contributed by atoms with van der Waals surface area (Å²) in [6.45, 7) is 1.13. The fraction of sp³-hybridized carbons (Fsp3) is 0.235. The standard InChI is InChI=1S/C34H35BrO6/c1-37-32-20-25(15-17-30(32)40-23-26-10-5-3-6-11-26)14-9-19-39-34(29(35)22-36)28-16-18-31(33(21-28)38-2)41-24-27-12-7-4-8-13-27/h3-18,20-21,29,34,36H,19,22-24H2,1-2H3/b14-9+. The largest absolute Gasteiger partial charge is 0.493 e. The van der Waals surface area contributed by atoms with E-state index in [1.54, 1.807) is 14.2 Å². The van der Waals surface area contributed by atoms with Gasteiger partial charge in [-0.25, -0.2) is 0 Å². The number of halogens is 1. The fourth-order valence-electron chi connectivity index (χ4n) is 4.21. The van der Waals surface area contributed by atoms with Crippen LogP contribution >= 0.6 is 15.9 Å². The van der Waals surface area contributed by atoms with Gasteiger partial charge in [0.1, 0.15) is 13.2 Å². The Bertz CT molecular complexity index is 1380. The summed E-state index contributed by atoms with van der Waals surface area (Å²) in [4.78, 5) is -0.308. The molecule has 0 heterocycles. The number of aliphatic hydroxyl groups is 1. The summed E-state index contributed by atoms with van der Waals surface area (Å²) in [6.07, 6.45) is 3.48. The SMILES string of the molecule is COc1cc(/C=C/COC(c2ccc(OCc3ccccc3)c(OC)c2)C(Br)CO)ccc1OCc1ccccc1. The van der Waals surface area contributed by atoms with Crippen molar-refractivity contribution >= 4 is 22.0 Å². The third-order valence-electron chi connectivity index (χ3n) is 6.36. The Morgan fingerprint density at radius 2 is 1.27 bits per heavy atom. The average Bonchev–Trinajstić information content (AvgIpc) is 3.03. The van der Waals surface area contributed by atoms with Crippen molar-refractivity contribution in [3.8, 4) is 23.0 Å². The monoisotopic (exact) mass is 618 g/mol. The summed E-state index contributed by atoms with van der Waals surface area (Å²) < 4.78 is 29.3. The molecule has 4 rings (SSSR count). The lowest BCUT2D eigenvalue weighted by Crippen LogP contribution is -2.20. The van der Waals surface area contributed by atoms with Crippen LogP contribution in [0.3, 0.4) is 0 Å². The molecule has 0 bridgehead atoms. The second-order valence-corrected chi connectivity index (χ2v) is 10.4. The van der Waals surface area contributed by atoms with Gasteiger partial charge in [0, 0.05) is 0 Å². The van der Waals surface area contributed by atoms with Crippen LogP contribution in [0.4, 0.5) is 0 Å². The van der Waals surface area contributed by atoms with E-state index in [-0.39, 0.29) is 11.4 Å². The number of hydrogen-bond acceptors (Lipinski definition) is 6. The van der Waals surface area contributed by atoms with E-state index in [2.05, 4.69) is 15.9 Å². The van der Waals surface area contributed by atoms with Crippen molar-refractivity contribution in [3.05, 3.63) is 125 Å². The molecule has 0 aliphatic carbocycles. The molecule has 0 aromatic heterocycles. The second-order valence-electron chi connectivity index (χ2n) is 9.22. The predicted molar refractivity (Wildman–Crippen MR) is 165 cm³/mol. The summed E-state index contributed by atoms with van der Waals surface area (Å²) in [5.41, 5.74) is 3.97. The van der Waals surface area contributed by atoms with Gasteiger partial charge in [-0.3, -0.25) is 0 Å². The summed E-state index contributed by atoms with van der Waals surface area (Å²) >= 11 is 3.56. The maximum absolute atomic E-state index is 9.87. The van der Waals surface area contributed by atoms with Gasteiger partial charge < -0.3 is 28.8 Å². The van der Waals surface area contributed by atoms with Crippen LogP contribution in [0.5, 0.6) is 23.0 Å². The first-order valence-corrected chi connectivity index (χ1v) is 14.2. The van der Waals surface area contributed by atoms with Crippen molar-refractivity contribution in [2.24, 2.45) is 0 Å². The number of methoxy groups -OCH3 is 2. The zero-order valence-corrected chi connectivity index (χ0v) is 24.8. The van der Waals surface area contributed by atoms with E-state index >= 15 is 0 Å². The van der Waals surface area contributed by atoms with Crippen LogP contribution in [-0.4, -0.2) is 37.4 Å². The normalized spacial score (nSPS) is 12.6. The van der Waals surface area contributed by atoms with Crippen LogP contribution in [0, 0.1) is 0 Å². The Morgan fingerprint density at radius 3 is 1.83 bits per heavy atom. The molecule has 2 atom stereocenters. The van der Waals surface area contributed by atoms with Gasteiger partial charge in [0.15, 0.2) is 23.0 Å². The third-order valence-corrected chi connectivity index (χ3v) is 7.13. The molecule has 0 aliphatic heterocycles. The van der Waals surface area contributed by atoms with E-state index < -0.39 is 6.10 Å². The molecule has 4 aromatic rings. The van der Waals surface area contributed by atoms with Crippen LogP contribution < -0.4 is 18.9 Å². The van der Waals surface area contributed by atoms with Gasteiger partial charge in [0.05, 0.1) is 38.4 Å². The van der Waals surface area contributed by atoms with E-state index in [0.717, 1.165) is 22.3 Å². The van der Waals surface area contributed by atoms with E-state index in [4.69, 9.17) is 23.7 Å². The average molecular weight is 620 g/mol. The fourth-order valence-corrected chi connectivity index (χ4v) is 4.66. The quantitative estimate of drug-likeness (QED) is 0.140. The zero-order chi connectivity index (χ0) is 28.9. The van der Waals surface area contributed by atoms with Crippen LogP contribution in [0.2, 0.25) is 0 Å². The number of ether oxygens (including phenoxy) is 5. The number of aliphatic hydroxyl groups excluding tert-OH is 1. The van der Waals surface area contributed by atoms with Gasteiger partial charge in [0.25, 0.3) is 0 Å². The molecular formula is C34H35BrO6. The first-order valence-electron chi connectivity index (χ1n) is 13.3. The first-order chi connectivity index (χ1) is 20.1. The van der Waals surface area contributed by atoms with E-state index in [1.165, 1.54) is 0 Å². The molecule has 1 N–H and O–H groups in total. The molecule has 0 radical (unpaired) electrons. The minimum atomic E-state index is -0.412. The summed E-state index contributed by atoms with van der Waals surface area (Å²) in [7, 11) is 3.24. The van der Waals surface area contributed by atoms with Crippen LogP contribution in [0.25, 0.3) is 6.08 Å². The molecule has 0 fully saturated rings. The predicted octanol–water partition coefficient (Wildman–Crippen LogP) is 7.39. The van der Waals surface area contributed by atoms with Crippen LogP contribution in [-0.2, 0) is 18.0 Å². The number of rotatable bonds is 15. The maximum Gasteiger partial charge on any atom is 0.161 e.